The molecule has 3 N–H and O–H groups in total. The number of nitro groups is 1. The van der Waals surface area contributed by atoms with Crippen LogP contribution in [-0.4, -0.2) is 23.3 Å². The standard InChI is InChI=1S/C9H7F2N3O4/c10-5-2-7(14(17)18)6(11)1-4(5)9(16)13-3-8(12)15/h1-2H,3H2,(H2,12,15)(H,13,16). The summed E-state index contributed by atoms with van der Waals surface area (Å²) in [5, 5.41) is 12.2. The first-order valence-electron chi connectivity index (χ1n) is 4.53. The van der Waals surface area contributed by atoms with E-state index in [0.717, 1.165) is 0 Å². The first-order chi connectivity index (χ1) is 8.32. The van der Waals surface area contributed by atoms with Gasteiger partial charge in [-0.15, -0.1) is 0 Å². The third-order valence-corrected chi connectivity index (χ3v) is 1.90. The van der Waals surface area contributed by atoms with Gasteiger partial charge in [0.2, 0.25) is 11.7 Å². The summed E-state index contributed by atoms with van der Waals surface area (Å²) in [5.74, 6) is -4.60. The second kappa shape index (κ2) is 5.17. The van der Waals surface area contributed by atoms with E-state index in [9.17, 15) is 28.5 Å². The number of halogens is 2. The number of carbonyl (C=O) groups excluding carboxylic acids is 2. The number of rotatable bonds is 4. The Morgan fingerprint density at radius 2 is 1.94 bits per heavy atom. The summed E-state index contributed by atoms with van der Waals surface area (Å²) in [6.07, 6.45) is 0. The highest BCUT2D eigenvalue weighted by Crippen LogP contribution is 2.21. The molecule has 96 valence electrons. The van der Waals surface area contributed by atoms with Gasteiger partial charge >= 0.3 is 5.69 Å². The number of nitrogens with one attached hydrogen (secondary N) is 1. The number of hydrogen-bond donors (Lipinski definition) is 2. The number of nitrogens with zero attached hydrogens (tertiary/aromatic N) is 1. The molecule has 0 bridgehead atoms. The van der Waals surface area contributed by atoms with Gasteiger partial charge in [0.05, 0.1) is 23.1 Å². The Morgan fingerprint density at radius 3 is 2.44 bits per heavy atom. The van der Waals surface area contributed by atoms with Crippen LogP contribution in [0.15, 0.2) is 12.1 Å². The number of amides is 2. The maximum atomic E-state index is 13.3. The molecule has 0 atom stereocenters. The molecule has 0 spiro atoms. The lowest BCUT2D eigenvalue weighted by atomic mass is 10.1. The normalized spacial score (nSPS) is 9.89. The molecule has 0 aromatic heterocycles. The monoisotopic (exact) mass is 259 g/mol. The van der Waals surface area contributed by atoms with Crippen LogP contribution in [-0.2, 0) is 4.79 Å². The lowest BCUT2D eigenvalue weighted by Gasteiger charge is -2.04. The van der Waals surface area contributed by atoms with Crippen LogP contribution in [0.1, 0.15) is 10.4 Å². The van der Waals surface area contributed by atoms with Gasteiger partial charge < -0.3 is 11.1 Å². The molecule has 0 fully saturated rings. The van der Waals surface area contributed by atoms with Gasteiger partial charge in [0.15, 0.2) is 0 Å². The number of nitrogens with two attached hydrogens (primary N) is 1. The first-order valence-corrected chi connectivity index (χ1v) is 4.53. The Balaban J connectivity index is 3.04. The van der Waals surface area contributed by atoms with E-state index in [2.05, 4.69) is 0 Å². The molecule has 0 saturated carbocycles. The van der Waals surface area contributed by atoms with Crippen molar-refractivity contribution in [3.63, 3.8) is 0 Å². The number of hydrogen-bond acceptors (Lipinski definition) is 4. The van der Waals surface area contributed by atoms with Crippen molar-refractivity contribution in [2.45, 2.75) is 0 Å². The van der Waals surface area contributed by atoms with Gasteiger partial charge in [-0.2, -0.15) is 4.39 Å². The minimum Gasteiger partial charge on any atom is -0.368 e. The average molecular weight is 259 g/mol. The summed E-state index contributed by atoms with van der Waals surface area (Å²) in [6, 6.07) is 0.665. The van der Waals surface area contributed by atoms with Gasteiger partial charge in [-0.25, -0.2) is 4.39 Å². The van der Waals surface area contributed by atoms with Crippen LogP contribution in [0.25, 0.3) is 0 Å². The Hall–Kier alpha value is -2.58. The average Bonchev–Trinajstić information content (AvgIpc) is 2.28. The highest BCUT2D eigenvalue weighted by molar-refractivity contribution is 5.96. The van der Waals surface area contributed by atoms with Crippen molar-refractivity contribution in [1.29, 1.82) is 0 Å². The maximum Gasteiger partial charge on any atom is 0.307 e. The van der Waals surface area contributed by atoms with Gasteiger partial charge in [-0.05, 0) is 6.07 Å². The SMILES string of the molecule is NC(=O)CNC(=O)c1cc(F)c([N+](=O)[O-])cc1F. The van der Waals surface area contributed by atoms with E-state index >= 15 is 0 Å². The highest BCUT2D eigenvalue weighted by atomic mass is 19.1. The molecule has 9 heteroatoms. The fourth-order valence-corrected chi connectivity index (χ4v) is 1.11. The van der Waals surface area contributed by atoms with E-state index < -0.39 is 46.2 Å². The number of nitro benzene ring substituents is 1. The summed E-state index contributed by atoms with van der Waals surface area (Å²) >= 11 is 0. The summed E-state index contributed by atoms with van der Waals surface area (Å²) in [5.41, 5.74) is 2.90. The van der Waals surface area contributed by atoms with Crippen molar-refractivity contribution < 1.29 is 23.3 Å². The van der Waals surface area contributed by atoms with Crippen molar-refractivity contribution in [2.75, 3.05) is 6.54 Å². The van der Waals surface area contributed by atoms with E-state index in [0.29, 0.717) is 6.07 Å². The van der Waals surface area contributed by atoms with Crippen molar-refractivity contribution >= 4 is 17.5 Å². The fourth-order valence-electron chi connectivity index (χ4n) is 1.11. The Labute approximate surface area is 98.7 Å². The van der Waals surface area contributed by atoms with Crippen LogP contribution in [0.3, 0.4) is 0 Å². The maximum absolute atomic E-state index is 13.3. The molecule has 0 unspecified atom stereocenters. The van der Waals surface area contributed by atoms with Gasteiger partial charge in [-0.1, -0.05) is 0 Å². The van der Waals surface area contributed by atoms with E-state index in [1.54, 1.807) is 0 Å². The van der Waals surface area contributed by atoms with Crippen molar-refractivity contribution in [1.82, 2.24) is 5.32 Å². The molecule has 0 aliphatic carbocycles. The zero-order valence-corrected chi connectivity index (χ0v) is 8.78. The van der Waals surface area contributed by atoms with Crippen LogP contribution in [0.2, 0.25) is 0 Å². The third kappa shape index (κ3) is 2.97. The molecular formula is C9H7F2N3O4. The largest absolute Gasteiger partial charge is 0.368 e. The summed E-state index contributed by atoms with van der Waals surface area (Å²) < 4.78 is 26.5. The molecule has 1 aromatic carbocycles. The minimum atomic E-state index is -1.36. The van der Waals surface area contributed by atoms with Crippen molar-refractivity contribution in [3.8, 4) is 0 Å². The Morgan fingerprint density at radius 1 is 1.33 bits per heavy atom. The molecular weight excluding hydrogens is 252 g/mol. The van der Waals surface area contributed by atoms with E-state index in [1.807, 2.05) is 5.32 Å². The number of primary amides is 1. The summed E-state index contributed by atoms with van der Waals surface area (Å²) in [7, 11) is 0. The van der Waals surface area contributed by atoms with Gasteiger partial charge in [0, 0.05) is 0 Å². The van der Waals surface area contributed by atoms with Crippen LogP contribution in [0.5, 0.6) is 0 Å². The van der Waals surface area contributed by atoms with Crippen LogP contribution in [0.4, 0.5) is 14.5 Å². The molecule has 18 heavy (non-hydrogen) atoms. The fraction of sp³-hybridized carbons (Fsp3) is 0.111. The molecule has 0 saturated heterocycles. The predicted octanol–water partition coefficient (Wildman–Crippen LogP) is 0.0881. The van der Waals surface area contributed by atoms with E-state index in [-0.39, 0.29) is 6.07 Å². The molecule has 7 nitrogen and oxygen atoms in total. The molecule has 0 aliphatic heterocycles. The van der Waals surface area contributed by atoms with Crippen LogP contribution < -0.4 is 11.1 Å². The number of carbonyl (C=O) groups is 2. The van der Waals surface area contributed by atoms with Gasteiger partial charge in [0.25, 0.3) is 5.91 Å². The van der Waals surface area contributed by atoms with E-state index in [1.165, 1.54) is 0 Å². The van der Waals surface area contributed by atoms with Gasteiger partial charge in [-0.3, -0.25) is 19.7 Å². The topological polar surface area (TPSA) is 115 Å². The molecule has 1 aromatic rings. The quantitative estimate of drug-likeness (QED) is 0.588. The Kier molecular flexibility index (Phi) is 3.87. The van der Waals surface area contributed by atoms with E-state index in [4.69, 9.17) is 5.73 Å². The molecule has 0 radical (unpaired) electrons. The lowest BCUT2D eigenvalue weighted by Crippen LogP contribution is -2.33. The molecule has 1 rings (SSSR count). The van der Waals surface area contributed by atoms with Crippen molar-refractivity contribution in [2.24, 2.45) is 5.73 Å². The Bertz CT molecular complexity index is 533. The van der Waals surface area contributed by atoms with Crippen LogP contribution in [0, 0.1) is 21.7 Å². The second-order valence-electron chi connectivity index (χ2n) is 3.19. The van der Waals surface area contributed by atoms with Crippen molar-refractivity contribution in [3.05, 3.63) is 39.4 Å². The van der Waals surface area contributed by atoms with Gasteiger partial charge in [0.1, 0.15) is 5.82 Å². The highest BCUT2D eigenvalue weighted by Gasteiger charge is 2.21. The zero-order valence-electron chi connectivity index (χ0n) is 8.78. The minimum absolute atomic E-state index is 0.286. The molecule has 0 heterocycles. The van der Waals surface area contributed by atoms with Crippen LogP contribution >= 0.6 is 0 Å². The lowest BCUT2D eigenvalue weighted by molar-refractivity contribution is -0.387. The second-order valence-corrected chi connectivity index (χ2v) is 3.19. The summed E-state index contributed by atoms with van der Waals surface area (Å²) in [6.45, 7) is -0.559. The third-order valence-electron chi connectivity index (χ3n) is 1.90. The smallest absolute Gasteiger partial charge is 0.307 e. The number of benzene rings is 1. The predicted molar refractivity (Wildman–Crippen MR) is 54.5 cm³/mol. The molecule has 2 amide bonds. The summed E-state index contributed by atoms with van der Waals surface area (Å²) in [4.78, 5) is 30.9. The first kappa shape index (κ1) is 13.5. The molecule has 0 aliphatic rings. The zero-order chi connectivity index (χ0) is 13.9.